The van der Waals surface area contributed by atoms with Gasteiger partial charge in [-0.05, 0) is 6.42 Å². The monoisotopic (exact) mass is 202 g/mol. The van der Waals surface area contributed by atoms with E-state index in [0.717, 1.165) is 23.9 Å². The first kappa shape index (κ1) is 10.4. The number of hydrogen-bond acceptors (Lipinski definition) is 4. The van der Waals surface area contributed by atoms with Crippen LogP contribution in [0.2, 0.25) is 0 Å². The number of nitrogens with one attached hydrogen (secondary N) is 1. The van der Waals surface area contributed by atoms with Crippen molar-refractivity contribution in [1.82, 2.24) is 5.32 Å². The molecule has 1 aliphatic rings. The van der Waals surface area contributed by atoms with Crippen LogP contribution in [0, 0.1) is 0 Å². The summed E-state index contributed by atoms with van der Waals surface area (Å²) in [6.07, 6.45) is 0.974. The van der Waals surface area contributed by atoms with E-state index in [4.69, 9.17) is 5.11 Å². The lowest BCUT2D eigenvalue weighted by Gasteiger charge is -2.14. The van der Waals surface area contributed by atoms with Crippen molar-refractivity contribution < 1.29 is 9.90 Å². The Hall–Kier alpha value is -0.710. The molecule has 1 unspecified atom stereocenters. The van der Waals surface area contributed by atoms with Crippen LogP contribution in [0.4, 0.5) is 0 Å². The van der Waals surface area contributed by atoms with E-state index in [1.54, 1.807) is 11.8 Å². The summed E-state index contributed by atoms with van der Waals surface area (Å²) in [4.78, 5) is 14.7. The summed E-state index contributed by atoms with van der Waals surface area (Å²) in [5, 5.41) is 12.6. The van der Waals surface area contributed by atoms with Crippen LogP contribution in [-0.2, 0) is 4.79 Å². The summed E-state index contributed by atoms with van der Waals surface area (Å²) < 4.78 is 0. The standard InChI is InChI=1S/C8H14N2O2S/c1-2-6(5-7(11)12)10-8-9-3-4-13-8/h6H,2-5H2,1H3,(H,9,10)(H,11,12). The molecule has 4 nitrogen and oxygen atoms in total. The van der Waals surface area contributed by atoms with E-state index >= 15 is 0 Å². The van der Waals surface area contributed by atoms with E-state index in [0.29, 0.717) is 0 Å². The number of carboxylic acids is 1. The first-order valence-corrected chi connectivity index (χ1v) is 5.36. The predicted octanol–water partition coefficient (Wildman–Crippen LogP) is 0.932. The largest absolute Gasteiger partial charge is 0.481 e. The molecule has 1 aliphatic heterocycles. The number of nitrogens with zero attached hydrogens (tertiary/aromatic N) is 1. The van der Waals surface area contributed by atoms with Crippen molar-refractivity contribution in [3.63, 3.8) is 0 Å². The van der Waals surface area contributed by atoms with Gasteiger partial charge in [0.1, 0.15) is 0 Å². The highest BCUT2D eigenvalue weighted by atomic mass is 32.2. The smallest absolute Gasteiger partial charge is 0.305 e. The molecule has 0 aromatic carbocycles. The fourth-order valence-electron chi connectivity index (χ4n) is 1.11. The van der Waals surface area contributed by atoms with Crippen LogP contribution in [0.25, 0.3) is 0 Å². The molecule has 13 heavy (non-hydrogen) atoms. The fraction of sp³-hybridized carbons (Fsp3) is 0.750. The second kappa shape index (κ2) is 5.11. The fourth-order valence-corrected chi connectivity index (χ4v) is 1.91. The number of aliphatic carboxylic acids is 1. The van der Waals surface area contributed by atoms with Gasteiger partial charge in [0.25, 0.3) is 0 Å². The van der Waals surface area contributed by atoms with E-state index in [9.17, 15) is 4.79 Å². The molecule has 0 aliphatic carbocycles. The van der Waals surface area contributed by atoms with Crippen molar-refractivity contribution in [2.75, 3.05) is 12.3 Å². The van der Waals surface area contributed by atoms with Gasteiger partial charge in [0.05, 0.1) is 13.0 Å². The number of carbonyl (C=O) groups is 1. The van der Waals surface area contributed by atoms with Crippen molar-refractivity contribution >= 4 is 22.9 Å². The molecule has 0 radical (unpaired) electrons. The number of amidine groups is 1. The van der Waals surface area contributed by atoms with Crippen LogP contribution in [0.15, 0.2) is 4.99 Å². The maximum Gasteiger partial charge on any atom is 0.305 e. The lowest BCUT2D eigenvalue weighted by atomic mass is 10.1. The lowest BCUT2D eigenvalue weighted by Crippen LogP contribution is -2.33. The maximum atomic E-state index is 10.5. The Labute approximate surface area is 81.8 Å². The average molecular weight is 202 g/mol. The van der Waals surface area contributed by atoms with Gasteiger partial charge in [0.15, 0.2) is 5.17 Å². The first-order valence-electron chi connectivity index (χ1n) is 4.38. The quantitative estimate of drug-likeness (QED) is 0.712. The Bertz CT molecular complexity index is 218. The number of carboxylic acid groups (broad SMARTS) is 1. The van der Waals surface area contributed by atoms with Crippen molar-refractivity contribution in [3.8, 4) is 0 Å². The molecular formula is C8H14N2O2S. The molecule has 1 heterocycles. The van der Waals surface area contributed by atoms with Crippen LogP contribution in [0.5, 0.6) is 0 Å². The van der Waals surface area contributed by atoms with Crippen LogP contribution >= 0.6 is 11.8 Å². The third-order valence-electron chi connectivity index (χ3n) is 1.83. The number of rotatable bonds is 4. The third kappa shape index (κ3) is 3.67. The third-order valence-corrected chi connectivity index (χ3v) is 2.73. The molecule has 0 spiro atoms. The number of aliphatic imine (C=N–C) groups is 1. The highest BCUT2D eigenvalue weighted by Crippen LogP contribution is 2.11. The van der Waals surface area contributed by atoms with E-state index < -0.39 is 5.97 Å². The number of hydrogen-bond donors (Lipinski definition) is 2. The van der Waals surface area contributed by atoms with Gasteiger partial charge < -0.3 is 10.4 Å². The van der Waals surface area contributed by atoms with E-state index in [1.165, 1.54) is 0 Å². The minimum atomic E-state index is -0.761. The maximum absolute atomic E-state index is 10.5. The van der Waals surface area contributed by atoms with Crippen LogP contribution in [0.1, 0.15) is 19.8 Å². The minimum Gasteiger partial charge on any atom is -0.481 e. The van der Waals surface area contributed by atoms with Crippen molar-refractivity contribution in [3.05, 3.63) is 0 Å². The Morgan fingerprint density at radius 3 is 3.08 bits per heavy atom. The lowest BCUT2D eigenvalue weighted by molar-refractivity contribution is -0.137. The minimum absolute atomic E-state index is 0.0156. The SMILES string of the molecule is CCC(CC(=O)O)NC1=NCCS1. The van der Waals surface area contributed by atoms with Crippen LogP contribution in [0.3, 0.4) is 0 Å². The van der Waals surface area contributed by atoms with E-state index in [1.807, 2.05) is 6.92 Å². The van der Waals surface area contributed by atoms with E-state index in [2.05, 4.69) is 10.3 Å². The predicted molar refractivity (Wildman–Crippen MR) is 54.2 cm³/mol. The van der Waals surface area contributed by atoms with E-state index in [-0.39, 0.29) is 12.5 Å². The topological polar surface area (TPSA) is 61.7 Å². The van der Waals surface area contributed by atoms with Gasteiger partial charge in [-0.15, -0.1) is 0 Å². The molecule has 1 atom stereocenters. The molecule has 0 aromatic rings. The molecule has 0 saturated heterocycles. The Morgan fingerprint density at radius 2 is 2.62 bits per heavy atom. The normalized spacial score (nSPS) is 18.1. The highest BCUT2D eigenvalue weighted by molar-refractivity contribution is 8.14. The molecule has 5 heteroatoms. The van der Waals surface area contributed by atoms with Gasteiger partial charge in [-0.3, -0.25) is 9.79 Å². The van der Waals surface area contributed by atoms with Gasteiger partial charge in [0.2, 0.25) is 0 Å². The zero-order valence-electron chi connectivity index (χ0n) is 7.62. The second-order valence-corrected chi connectivity index (χ2v) is 3.97. The molecule has 0 fully saturated rings. The summed E-state index contributed by atoms with van der Waals surface area (Å²) in [5.41, 5.74) is 0. The summed E-state index contributed by atoms with van der Waals surface area (Å²) in [7, 11) is 0. The average Bonchev–Trinajstić information content (AvgIpc) is 2.55. The van der Waals surface area contributed by atoms with Crippen molar-refractivity contribution in [2.24, 2.45) is 4.99 Å². The molecule has 0 saturated carbocycles. The summed E-state index contributed by atoms with van der Waals surface area (Å²) in [6.45, 7) is 2.82. The molecule has 0 bridgehead atoms. The van der Waals surface area contributed by atoms with Gasteiger partial charge >= 0.3 is 5.97 Å². The molecule has 0 amide bonds. The Kier molecular flexibility index (Phi) is 4.08. The summed E-state index contributed by atoms with van der Waals surface area (Å²) in [5.74, 6) is 0.245. The second-order valence-electron chi connectivity index (χ2n) is 2.88. The van der Waals surface area contributed by atoms with Gasteiger partial charge in [-0.25, -0.2) is 0 Å². The van der Waals surface area contributed by atoms with Crippen molar-refractivity contribution in [2.45, 2.75) is 25.8 Å². The zero-order valence-corrected chi connectivity index (χ0v) is 8.43. The molecular weight excluding hydrogens is 188 g/mol. The van der Waals surface area contributed by atoms with Gasteiger partial charge in [-0.2, -0.15) is 0 Å². The molecule has 0 aromatic heterocycles. The summed E-state index contributed by atoms with van der Waals surface area (Å²) >= 11 is 1.66. The zero-order chi connectivity index (χ0) is 9.68. The molecule has 74 valence electrons. The Morgan fingerprint density at radius 1 is 1.85 bits per heavy atom. The van der Waals surface area contributed by atoms with Crippen molar-refractivity contribution in [1.29, 1.82) is 0 Å². The van der Waals surface area contributed by atoms with Gasteiger partial charge in [0, 0.05) is 11.8 Å². The van der Waals surface area contributed by atoms with Gasteiger partial charge in [-0.1, -0.05) is 18.7 Å². The van der Waals surface area contributed by atoms with Crippen LogP contribution < -0.4 is 5.32 Å². The highest BCUT2D eigenvalue weighted by Gasteiger charge is 2.14. The first-order chi connectivity index (χ1) is 6.22. The van der Waals surface area contributed by atoms with Crippen LogP contribution in [-0.4, -0.2) is 34.6 Å². The molecule has 1 rings (SSSR count). The Balaban J connectivity index is 2.34. The molecule has 2 N–H and O–H groups in total. The number of thioether (sulfide) groups is 1. The summed E-state index contributed by atoms with van der Waals surface area (Å²) in [6, 6.07) is 0.0156.